The smallest absolute Gasteiger partial charge is 0.00964 e. The lowest BCUT2D eigenvalue weighted by Gasteiger charge is -2.21. The molecule has 0 amide bonds. The van der Waals surface area contributed by atoms with Crippen LogP contribution in [0.15, 0.2) is 0 Å². The van der Waals surface area contributed by atoms with E-state index in [1.165, 1.54) is 51.6 Å². The van der Waals surface area contributed by atoms with Crippen LogP contribution in [-0.4, -0.2) is 36.6 Å². The molecule has 0 spiro atoms. The molecule has 0 aliphatic heterocycles. The summed E-state index contributed by atoms with van der Waals surface area (Å²) in [5.41, 5.74) is 0. The zero-order chi connectivity index (χ0) is 11.8. The van der Waals surface area contributed by atoms with Crippen LogP contribution in [0, 0.1) is 0 Å². The molecule has 1 atom stereocenters. The van der Waals surface area contributed by atoms with Crippen LogP contribution in [0.4, 0.5) is 0 Å². The Hall–Kier alpha value is -0.0800. The molecule has 16 heavy (non-hydrogen) atoms. The molecule has 0 bridgehead atoms. The fourth-order valence-electron chi connectivity index (χ4n) is 2.42. The average molecular weight is 226 g/mol. The Morgan fingerprint density at radius 1 is 1.19 bits per heavy atom. The Bertz CT molecular complexity index is 166. The van der Waals surface area contributed by atoms with Crippen molar-refractivity contribution in [2.75, 3.05) is 19.6 Å². The van der Waals surface area contributed by atoms with Crippen molar-refractivity contribution in [1.82, 2.24) is 10.2 Å². The van der Waals surface area contributed by atoms with Crippen LogP contribution in [0.5, 0.6) is 0 Å². The van der Waals surface area contributed by atoms with E-state index in [0.717, 1.165) is 12.6 Å². The van der Waals surface area contributed by atoms with E-state index in [2.05, 4.69) is 31.0 Å². The van der Waals surface area contributed by atoms with Crippen molar-refractivity contribution in [1.29, 1.82) is 0 Å². The Kier molecular flexibility index (Phi) is 7.06. The molecule has 1 aliphatic rings. The molecule has 2 heteroatoms. The van der Waals surface area contributed by atoms with Gasteiger partial charge in [-0.1, -0.05) is 20.3 Å². The summed E-state index contributed by atoms with van der Waals surface area (Å²) in [5.74, 6) is 0. The maximum atomic E-state index is 3.48. The first-order valence-corrected chi connectivity index (χ1v) is 7.25. The van der Waals surface area contributed by atoms with Gasteiger partial charge in [0.1, 0.15) is 0 Å². The predicted octanol–water partition coefficient (Wildman–Crippen LogP) is 3.03. The van der Waals surface area contributed by atoms with Crippen LogP contribution in [0.1, 0.15) is 59.3 Å². The molecule has 2 nitrogen and oxygen atoms in total. The van der Waals surface area contributed by atoms with E-state index in [1.807, 2.05) is 0 Å². The Labute approximate surface area is 102 Å². The predicted molar refractivity (Wildman–Crippen MR) is 71.9 cm³/mol. The summed E-state index contributed by atoms with van der Waals surface area (Å²) in [6.07, 6.45) is 8.30. The zero-order valence-corrected chi connectivity index (χ0v) is 11.5. The minimum absolute atomic E-state index is 0.700. The van der Waals surface area contributed by atoms with Crippen molar-refractivity contribution in [2.24, 2.45) is 0 Å². The summed E-state index contributed by atoms with van der Waals surface area (Å²) in [7, 11) is 0. The monoisotopic (exact) mass is 226 g/mol. The molecular formula is C14H30N2. The second-order valence-corrected chi connectivity index (χ2v) is 5.22. The summed E-state index contributed by atoms with van der Waals surface area (Å²) in [5, 5.41) is 3.48. The van der Waals surface area contributed by atoms with Crippen molar-refractivity contribution in [2.45, 2.75) is 71.4 Å². The van der Waals surface area contributed by atoms with Crippen LogP contribution < -0.4 is 5.32 Å². The van der Waals surface area contributed by atoms with Gasteiger partial charge in [0.15, 0.2) is 0 Å². The molecule has 1 aliphatic carbocycles. The van der Waals surface area contributed by atoms with Crippen LogP contribution >= 0.6 is 0 Å². The third-order valence-electron chi connectivity index (χ3n) is 3.46. The van der Waals surface area contributed by atoms with Crippen molar-refractivity contribution < 1.29 is 0 Å². The van der Waals surface area contributed by atoms with Crippen molar-refractivity contribution in [3.8, 4) is 0 Å². The molecule has 0 aromatic heterocycles. The number of hydrogen-bond donors (Lipinski definition) is 1. The molecule has 0 saturated heterocycles. The van der Waals surface area contributed by atoms with Gasteiger partial charge in [0.25, 0.3) is 0 Å². The van der Waals surface area contributed by atoms with Gasteiger partial charge in [-0.2, -0.15) is 0 Å². The summed E-state index contributed by atoms with van der Waals surface area (Å²) in [4.78, 5) is 2.71. The van der Waals surface area contributed by atoms with Gasteiger partial charge in [-0.25, -0.2) is 0 Å². The molecule has 1 saturated carbocycles. The summed E-state index contributed by atoms with van der Waals surface area (Å²) < 4.78 is 0. The highest BCUT2D eigenvalue weighted by atomic mass is 15.2. The number of unbranched alkanes of at least 4 members (excludes halogenated alkanes) is 1. The lowest BCUT2D eigenvalue weighted by atomic mass is 10.1. The highest BCUT2D eigenvalue weighted by Crippen LogP contribution is 2.27. The maximum absolute atomic E-state index is 3.48. The topological polar surface area (TPSA) is 15.3 Å². The fourth-order valence-corrected chi connectivity index (χ4v) is 2.42. The fraction of sp³-hybridized carbons (Fsp3) is 1.00. The SMILES string of the molecule is CCCN(CCCCC(C)NCC)C1CC1. The molecule has 1 unspecified atom stereocenters. The van der Waals surface area contributed by atoms with Gasteiger partial charge in [0.05, 0.1) is 0 Å². The first-order valence-electron chi connectivity index (χ1n) is 7.25. The van der Waals surface area contributed by atoms with Crippen molar-refractivity contribution >= 4 is 0 Å². The molecule has 0 aromatic rings. The summed E-state index contributed by atoms with van der Waals surface area (Å²) in [6.45, 7) is 10.5. The lowest BCUT2D eigenvalue weighted by Crippen LogP contribution is -2.29. The first kappa shape index (κ1) is 14.0. The molecule has 1 fully saturated rings. The van der Waals surface area contributed by atoms with Gasteiger partial charge in [0.2, 0.25) is 0 Å². The van der Waals surface area contributed by atoms with Gasteiger partial charge in [-0.15, -0.1) is 0 Å². The van der Waals surface area contributed by atoms with E-state index in [0.29, 0.717) is 6.04 Å². The minimum Gasteiger partial charge on any atom is -0.315 e. The van der Waals surface area contributed by atoms with Crippen molar-refractivity contribution in [3.63, 3.8) is 0 Å². The Morgan fingerprint density at radius 3 is 2.50 bits per heavy atom. The van der Waals surface area contributed by atoms with E-state index >= 15 is 0 Å². The van der Waals surface area contributed by atoms with E-state index in [9.17, 15) is 0 Å². The maximum Gasteiger partial charge on any atom is 0.00964 e. The van der Waals surface area contributed by atoms with Crippen LogP contribution in [0.3, 0.4) is 0 Å². The molecule has 0 radical (unpaired) electrons. The second kappa shape index (κ2) is 8.08. The highest BCUT2D eigenvalue weighted by molar-refractivity contribution is 4.84. The van der Waals surface area contributed by atoms with Gasteiger partial charge in [0, 0.05) is 12.1 Å². The second-order valence-electron chi connectivity index (χ2n) is 5.22. The van der Waals surface area contributed by atoms with Gasteiger partial charge >= 0.3 is 0 Å². The zero-order valence-electron chi connectivity index (χ0n) is 11.5. The van der Waals surface area contributed by atoms with E-state index in [1.54, 1.807) is 0 Å². The van der Waals surface area contributed by atoms with Gasteiger partial charge in [-0.05, 0) is 58.7 Å². The highest BCUT2D eigenvalue weighted by Gasteiger charge is 2.27. The quantitative estimate of drug-likeness (QED) is 0.576. The molecule has 0 heterocycles. The summed E-state index contributed by atoms with van der Waals surface area (Å²) in [6, 6.07) is 1.65. The first-order chi connectivity index (χ1) is 7.77. The number of nitrogens with one attached hydrogen (secondary N) is 1. The number of rotatable bonds is 10. The van der Waals surface area contributed by atoms with E-state index in [4.69, 9.17) is 0 Å². The van der Waals surface area contributed by atoms with Crippen LogP contribution in [0.25, 0.3) is 0 Å². The average Bonchev–Trinajstić information content (AvgIpc) is 3.07. The standard InChI is InChI=1S/C14H30N2/c1-4-11-16(14-9-10-14)12-7-6-8-13(3)15-5-2/h13-15H,4-12H2,1-3H3. The van der Waals surface area contributed by atoms with Crippen molar-refractivity contribution in [3.05, 3.63) is 0 Å². The third kappa shape index (κ3) is 5.86. The molecule has 1 rings (SSSR count). The Morgan fingerprint density at radius 2 is 1.94 bits per heavy atom. The molecule has 0 aromatic carbocycles. The van der Waals surface area contributed by atoms with Crippen LogP contribution in [-0.2, 0) is 0 Å². The van der Waals surface area contributed by atoms with E-state index < -0.39 is 0 Å². The summed E-state index contributed by atoms with van der Waals surface area (Å²) >= 11 is 0. The van der Waals surface area contributed by atoms with E-state index in [-0.39, 0.29) is 0 Å². The Balaban J connectivity index is 1.99. The molecular weight excluding hydrogens is 196 g/mol. The molecule has 96 valence electrons. The minimum atomic E-state index is 0.700. The normalized spacial score (nSPS) is 18.0. The van der Waals surface area contributed by atoms with Gasteiger partial charge < -0.3 is 10.2 Å². The number of hydrogen-bond acceptors (Lipinski definition) is 2. The third-order valence-corrected chi connectivity index (χ3v) is 3.46. The van der Waals surface area contributed by atoms with Crippen LogP contribution in [0.2, 0.25) is 0 Å². The lowest BCUT2D eigenvalue weighted by molar-refractivity contribution is 0.256. The molecule has 1 N–H and O–H groups in total. The largest absolute Gasteiger partial charge is 0.315 e. The number of nitrogens with zero attached hydrogens (tertiary/aromatic N) is 1. The van der Waals surface area contributed by atoms with Gasteiger partial charge in [-0.3, -0.25) is 0 Å².